The predicted molar refractivity (Wildman–Crippen MR) is 107 cm³/mol. The van der Waals surface area contributed by atoms with Crippen LogP contribution in [0.5, 0.6) is 5.75 Å². The van der Waals surface area contributed by atoms with E-state index in [-0.39, 0.29) is 5.82 Å². The third kappa shape index (κ3) is 3.61. The first-order valence-corrected chi connectivity index (χ1v) is 10.2. The lowest BCUT2D eigenvalue weighted by atomic mass is 9.84. The summed E-state index contributed by atoms with van der Waals surface area (Å²) >= 11 is 0. The van der Waals surface area contributed by atoms with Crippen LogP contribution in [0.1, 0.15) is 42.6 Å². The molecule has 1 aliphatic carbocycles. The molecule has 2 aromatic rings. The lowest BCUT2D eigenvalue weighted by Crippen LogP contribution is -2.55. The molecule has 0 aromatic heterocycles. The third-order valence-electron chi connectivity index (χ3n) is 6.19. The van der Waals surface area contributed by atoms with E-state index in [9.17, 15) is 24.8 Å². The van der Waals surface area contributed by atoms with Gasteiger partial charge in [0, 0.05) is 5.41 Å². The Balaban J connectivity index is 1.67. The van der Waals surface area contributed by atoms with Crippen LogP contribution in [0.2, 0.25) is 0 Å². The van der Waals surface area contributed by atoms with Gasteiger partial charge >= 0.3 is 0 Å². The Morgan fingerprint density at radius 1 is 1.03 bits per heavy atom. The lowest BCUT2D eigenvalue weighted by Gasteiger charge is -2.40. The molecule has 0 bridgehead atoms. The Morgan fingerprint density at radius 2 is 1.73 bits per heavy atom. The van der Waals surface area contributed by atoms with Crippen molar-refractivity contribution in [3.8, 4) is 5.75 Å². The fourth-order valence-electron chi connectivity index (χ4n) is 4.34. The molecule has 0 spiro atoms. The smallest absolute Gasteiger partial charge is 0.127 e. The summed E-state index contributed by atoms with van der Waals surface area (Å²) < 4.78 is 26.0. The molecule has 2 aliphatic rings. The highest BCUT2D eigenvalue weighted by molar-refractivity contribution is 5.48. The van der Waals surface area contributed by atoms with Crippen LogP contribution in [0.25, 0.3) is 0 Å². The molecule has 2 fully saturated rings. The Hall–Kier alpha value is -2.03. The minimum Gasteiger partial charge on any atom is -0.494 e. The van der Waals surface area contributed by atoms with Gasteiger partial charge in [-0.05, 0) is 60.7 Å². The van der Waals surface area contributed by atoms with E-state index in [1.54, 1.807) is 6.07 Å². The van der Waals surface area contributed by atoms with Crippen molar-refractivity contribution in [2.45, 2.75) is 55.7 Å². The number of hydrogen-bond donors (Lipinski definition) is 4. The molecule has 0 amide bonds. The van der Waals surface area contributed by atoms with Crippen LogP contribution >= 0.6 is 0 Å². The minimum atomic E-state index is -1.48. The molecule has 1 heterocycles. The average molecular weight is 418 g/mol. The fraction of sp³-hybridized carbons (Fsp3) is 0.478. The summed E-state index contributed by atoms with van der Waals surface area (Å²) in [5.74, 6) is 0.405. The molecule has 4 rings (SSSR count). The molecular formula is C23H27FO6. The van der Waals surface area contributed by atoms with E-state index in [0.717, 1.165) is 24.2 Å². The van der Waals surface area contributed by atoms with E-state index in [4.69, 9.17) is 9.47 Å². The third-order valence-corrected chi connectivity index (χ3v) is 6.19. The maximum atomic E-state index is 14.9. The quantitative estimate of drug-likeness (QED) is 0.571. The first kappa shape index (κ1) is 21.2. The number of benzene rings is 2. The Morgan fingerprint density at radius 3 is 2.33 bits per heavy atom. The highest BCUT2D eigenvalue weighted by Gasteiger charge is 2.49. The molecule has 5 unspecified atom stereocenters. The zero-order valence-corrected chi connectivity index (χ0v) is 16.7. The van der Waals surface area contributed by atoms with Crippen LogP contribution in [0.15, 0.2) is 42.5 Å². The van der Waals surface area contributed by atoms with Crippen molar-refractivity contribution < 1.29 is 34.3 Å². The normalized spacial score (nSPS) is 30.1. The molecule has 7 heteroatoms. The van der Waals surface area contributed by atoms with Crippen LogP contribution < -0.4 is 4.74 Å². The van der Waals surface area contributed by atoms with Gasteiger partial charge in [0.15, 0.2) is 0 Å². The summed E-state index contributed by atoms with van der Waals surface area (Å²) in [5, 5.41) is 40.0. The second-order valence-electron chi connectivity index (χ2n) is 8.03. The van der Waals surface area contributed by atoms with Crippen LogP contribution in [0.4, 0.5) is 4.39 Å². The number of rotatable bonds is 6. The molecule has 0 radical (unpaired) electrons. The van der Waals surface area contributed by atoms with E-state index in [0.29, 0.717) is 17.7 Å². The Bertz CT molecular complexity index is 880. The first-order chi connectivity index (χ1) is 14.4. The summed E-state index contributed by atoms with van der Waals surface area (Å²) in [6.07, 6.45) is -4.73. The molecule has 1 saturated heterocycles. The van der Waals surface area contributed by atoms with E-state index < -0.39 is 42.5 Å². The maximum absolute atomic E-state index is 14.9. The maximum Gasteiger partial charge on any atom is 0.127 e. The number of ether oxygens (including phenoxy) is 2. The van der Waals surface area contributed by atoms with Crippen molar-refractivity contribution in [2.75, 3.05) is 13.2 Å². The molecule has 6 nitrogen and oxygen atoms in total. The minimum absolute atomic E-state index is 0.352. The van der Waals surface area contributed by atoms with Gasteiger partial charge in [-0.2, -0.15) is 0 Å². The number of aliphatic hydroxyl groups is 4. The molecule has 1 aliphatic heterocycles. The van der Waals surface area contributed by atoms with Crippen LogP contribution in [0.3, 0.4) is 0 Å². The van der Waals surface area contributed by atoms with Crippen LogP contribution in [-0.2, 0) is 10.2 Å². The highest BCUT2D eigenvalue weighted by atomic mass is 19.1. The van der Waals surface area contributed by atoms with Gasteiger partial charge in [0.25, 0.3) is 0 Å². The van der Waals surface area contributed by atoms with Crippen LogP contribution in [0, 0.1) is 5.82 Å². The number of hydrogen-bond acceptors (Lipinski definition) is 6. The van der Waals surface area contributed by atoms with Crippen molar-refractivity contribution in [1.29, 1.82) is 0 Å². The molecule has 30 heavy (non-hydrogen) atoms. The van der Waals surface area contributed by atoms with Crippen molar-refractivity contribution in [3.05, 3.63) is 65.0 Å². The van der Waals surface area contributed by atoms with Gasteiger partial charge in [-0.3, -0.25) is 0 Å². The second kappa shape index (κ2) is 8.24. The molecule has 162 valence electrons. The van der Waals surface area contributed by atoms with E-state index in [1.807, 2.05) is 31.2 Å². The SMILES string of the molecule is CCOc1ccc(C2(c3cc(C4OC(CO)C(O)C(O)C4O)ccc3F)CC2)cc1. The lowest BCUT2D eigenvalue weighted by molar-refractivity contribution is -0.231. The van der Waals surface area contributed by atoms with Gasteiger partial charge in [0.2, 0.25) is 0 Å². The van der Waals surface area contributed by atoms with Gasteiger partial charge in [-0.1, -0.05) is 18.2 Å². The van der Waals surface area contributed by atoms with Crippen molar-refractivity contribution in [3.63, 3.8) is 0 Å². The second-order valence-corrected chi connectivity index (χ2v) is 8.03. The predicted octanol–water partition coefficient (Wildman–Crippen LogP) is 1.82. The summed E-state index contributed by atoms with van der Waals surface area (Å²) in [6.45, 7) is 1.97. The Labute approximate surface area is 174 Å². The van der Waals surface area contributed by atoms with Gasteiger partial charge in [0.05, 0.1) is 13.2 Å². The highest BCUT2D eigenvalue weighted by Crippen LogP contribution is 2.55. The van der Waals surface area contributed by atoms with Crippen LogP contribution in [-0.4, -0.2) is 58.1 Å². The van der Waals surface area contributed by atoms with Gasteiger partial charge in [-0.15, -0.1) is 0 Å². The molecule has 5 atom stereocenters. The zero-order chi connectivity index (χ0) is 21.5. The van der Waals surface area contributed by atoms with Crippen molar-refractivity contribution in [2.24, 2.45) is 0 Å². The molecule has 1 saturated carbocycles. The fourth-order valence-corrected chi connectivity index (χ4v) is 4.34. The average Bonchev–Trinajstić information content (AvgIpc) is 3.55. The molecule has 4 N–H and O–H groups in total. The summed E-state index contributed by atoms with van der Waals surface area (Å²) in [4.78, 5) is 0. The van der Waals surface area contributed by atoms with E-state index in [1.165, 1.54) is 12.1 Å². The van der Waals surface area contributed by atoms with Gasteiger partial charge in [-0.25, -0.2) is 4.39 Å². The monoisotopic (exact) mass is 418 g/mol. The Kier molecular flexibility index (Phi) is 5.83. The zero-order valence-electron chi connectivity index (χ0n) is 16.7. The largest absolute Gasteiger partial charge is 0.494 e. The molecular weight excluding hydrogens is 391 g/mol. The topological polar surface area (TPSA) is 99.4 Å². The van der Waals surface area contributed by atoms with Crippen molar-refractivity contribution >= 4 is 0 Å². The number of aliphatic hydroxyl groups excluding tert-OH is 4. The van der Waals surface area contributed by atoms with Gasteiger partial charge < -0.3 is 29.9 Å². The number of halogens is 1. The van der Waals surface area contributed by atoms with E-state index in [2.05, 4.69) is 0 Å². The molecule has 2 aromatic carbocycles. The summed E-state index contributed by atoms with van der Waals surface area (Å²) in [7, 11) is 0. The first-order valence-electron chi connectivity index (χ1n) is 10.2. The van der Waals surface area contributed by atoms with Gasteiger partial charge in [0.1, 0.15) is 42.1 Å². The summed E-state index contributed by atoms with van der Waals surface area (Å²) in [6, 6.07) is 12.1. The van der Waals surface area contributed by atoms with E-state index >= 15 is 0 Å². The standard InChI is InChI=1S/C23H27FO6/c1-2-29-15-6-4-14(5-7-15)23(9-10-23)16-11-13(3-8-17(16)24)22-21(28)20(27)19(26)18(12-25)30-22/h3-8,11,18-22,25-28H,2,9-10,12H2,1H3. The van der Waals surface area contributed by atoms with Crippen molar-refractivity contribution in [1.82, 2.24) is 0 Å². The summed E-state index contributed by atoms with van der Waals surface area (Å²) in [5.41, 5.74) is 1.51.